The molecule has 3 heteroatoms. The SMILES string of the molecule is Cc1ccc(C)c2c1OCC2(F)F. The molecule has 0 radical (unpaired) electrons. The Labute approximate surface area is 75.3 Å². The lowest BCUT2D eigenvalue weighted by Gasteiger charge is -2.09. The van der Waals surface area contributed by atoms with Crippen molar-refractivity contribution in [1.82, 2.24) is 0 Å². The van der Waals surface area contributed by atoms with Crippen LogP contribution < -0.4 is 4.74 Å². The largest absolute Gasteiger partial charge is 0.486 e. The normalized spacial score (nSPS) is 18.2. The Kier molecular flexibility index (Phi) is 1.59. The van der Waals surface area contributed by atoms with Crippen LogP contribution in [0.4, 0.5) is 8.78 Å². The summed E-state index contributed by atoms with van der Waals surface area (Å²) in [5.41, 5.74) is 1.44. The molecule has 1 aromatic carbocycles. The number of fused-ring (bicyclic) bond motifs is 1. The van der Waals surface area contributed by atoms with E-state index < -0.39 is 12.5 Å². The lowest BCUT2D eigenvalue weighted by atomic mass is 10.0. The minimum atomic E-state index is -2.81. The first-order chi connectivity index (χ1) is 6.02. The van der Waals surface area contributed by atoms with E-state index in [4.69, 9.17) is 4.74 Å². The van der Waals surface area contributed by atoms with Gasteiger partial charge in [-0.2, -0.15) is 8.78 Å². The van der Waals surface area contributed by atoms with Gasteiger partial charge in [-0.05, 0) is 25.0 Å². The van der Waals surface area contributed by atoms with Gasteiger partial charge in [0.1, 0.15) is 5.75 Å². The van der Waals surface area contributed by atoms with E-state index in [1.54, 1.807) is 26.0 Å². The molecule has 0 bridgehead atoms. The second kappa shape index (κ2) is 2.44. The molecule has 70 valence electrons. The van der Waals surface area contributed by atoms with Crippen LogP contribution in [0.15, 0.2) is 12.1 Å². The predicted octanol–water partition coefficient (Wildman–Crippen LogP) is 2.79. The molecule has 0 saturated heterocycles. The summed E-state index contributed by atoms with van der Waals surface area (Å²) in [6.07, 6.45) is 0. The van der Waals surface area contributed by atoms with E-state index in [1.807, 2.05) is 0 Å². The molecule has 1 aliphatic heterocycles. The first kappa shape index (κ1) is 8.48. The number of hydrogen-bond acceptors (Lipinski definition) is 1. The number of halogens is 2. The Balaban J connectivity index is 2.70. The van der Waals surface area contributed by atoms with Crippen LogP contribution in [-0.2, 0) is 5.92 Å². The van der Waals surface area contributed by atoms with Gasteiger partial charge in [0.2, 0.25) is 0 Å². The third kappa shape index (κ3) is 1.10. The van der Waals surface area contributed by atoms with Crippen molar-refractivity contribution < 1.29 is 13.5 Å². The van der Waals surface area contributed by atoms with Gasteiger partial charge in [0.25, 0.3) is 0 Å². The summed E-state index contributed by atoms with van der Waals surface area (Å²) in [6, 6.07) is 3.51. The Morgan fingerprint density at radius 3 is 2.46 bits per heavy atom. The number of ether oxygens (including phenoxy) is 1. The lowest BCUT2D eigenvalue weighted by molar-refractivity contribution is -0.0218. The van der Waals surface area contributed by atoms with Gasteiger partial charge < -0.3 is 4.74 Å². The molecule has 1 aromatic rings. The van der Waals surface area contributed by atoms with E-state index in [0.29, 0.717) is 11.3 Å². The predicted molar refractivity (Wildman–Crippen MR) is 45.3 cm³/mol. The first-order valence-electron chi connectivity index (χ1n) is 4.14. The van der Waals surface area contributed by atoms with E-state index in [2.05, 4.69) is 0 Å². The Hall–Kier alpha value is -1.12. The highest BCUT2D eigenvalue weighted by atomic mass is 19.3. The zero-order chi connectivity index (χ0) is 9.64. The van der Waals surface area contributed by atoms with Gasteiger partial charge in [0.15, 0.2) is 6.61 Å². The van der Waals surface area contributed by atoms with Crippen molar-refractivity contribution in [2.24, 2.45) is 0 Å². The maximum atomic E-state index is 13.3. The molecule has 0 amide bonds. The van der Waals surface area contributed by atoms with Crippen LogP contribution in [0, 0.1) is 13.8 Å². The maximum Gasteiger partial charge on any atom is 0.310 e. The summed E-state index contributed by atoms with van der Waals surface area (Å²) >= 11 is 0. The van der Waals surface area contributed by atoms with Crippen molar-refractivity contribution >= 4 is 0 Å². The van der Waals surface area contributed by atoms with Crippen LogP contribution in [0.25, 0.3) is 0 Å². The van der Waals surface area contributed by atoms with Crippen LogP contribution in [0.2, 0.25) is 0 Å². The van der Waals surface area contributed by atoms with Gasteiger partial charge in [-0.25, -0.2) is 0 Å². The number of aryl methyl sites for hydroxylation is 2. The van der Waals surface area contributed by atoms with Gasteiger partial charge in [-0.15, -0.1) is 0 Å². The fraction of sp³-hybridized carbons (Fsp3) is 0.400. The topological polar surface area (TPSA) is 9.23 Å². The molecule has 0 aliphatic carbocycles. The van der Waals surface area contributed by atoms with Crippen molar-refractivity contribution in [1.29, 1.82) is 0 Å². The number of rotatable bonds is 0. The highest BCUT2D eigenvalue weighted by molar-refractivity contribution is 5.50. The number of benzene rings is 1. The maximum absolute atomic E-state index is 13.3. The van der Waals surface area contributed by atoms with Crippen LogP contribution >= 0.6 is 0 Å². The van der Waals surface area contributed by atoms with Crippen molar-refractivity contribution in [2.45, 2.75) is 19.8 Å². The van der Waals surface area contributed by atoms with Gasteiger partial charge in [-0.3, -0.25) is 0 Å². The molecule has 2 rings (SSSR count). The Morgan fingerprint density at radius 2 is 1.85 bits per heavy atom. The highest BCUT2D eigenvalue weighted by Gasteiger charge is 2.43. The zero-order valence-corrected chi connectivity index (χ0v) is 7.53. The lowest BCUT2D eigenvalue weighted by Crippen LogP contribution is -2.15. The van der Waals surface area contributed by atoms with Crippen LogP contribution in [-0.4, -0.2) is 6.61 Å². The molecule has 13 heavy (non-hydrogen) atoms. The van der Waals surface area contributed by atoms with E-state index in [0.717, 1.165) is 5.56 Å². The molecule has 1 nitrogen and oxygen atoms in total. The fourth-order valence-electron chi connectivity index (χ4n) is 1.66. The van der Waals surface area contributed by atoms with Crippen LogP contribution in [0.5, 0.6) is 5.75 Å². The molecular formula is C10H10F2O. The summed E-state index contributed by atoms with van der Waals surface area (Å²) in [4.78, 5) is 0. The first-order valence-corrected chi connectivity index (χ1v) is 4.14. The molecule has 0 unspecified atom stereocenters. The fourth-order valence-corrected chi connectivity index (χ4v) is 1.66. The van der Waals surface area contributed by atoms with Crippen LogP contribution in [0.1, 0.15) is 16.7 Å². The summed E-state index contributed by atoms with van der Waals surface area (Å²) in [7, 11) is 0. The summed E-state index contributed by atoms with van der Waals surface area (Å²) in [5, 5.41) is 0. The number of alkyl halides is 2. The monoisotopic (exact) mass is 184 g/mol. The van der Waals surface area contributed by atoms with E-state index in [1.165, 1.54) is 0 Å². The molecule has 1 aliphatic rings. The molecule has 0 fully saturated rings. The second-order valence-corrected chi connectivity index (χ2v) is 3.40. The average Bonchev–Trinajstić information content (AvgIpc) is 2.36. The van der Waals surface area contributed by atoms with Gasteiger partial charge in [-0.1, -0.05) is 12.1 Å². The van der Waals surface area contributed by atoms with Crippen LogP contribution in [0.3, 0.4) is 0 Å². The molecule has 0 aromatic heterocycles. The molecule has 0 N–H and O–H groups in total. The standard InChI is InChI=1S/C10H10F2O/c1-6-3-4-7(2)9-8(6)10(11,12)5-13-9/h3-4H,5H2,1-2H3. The summed E-state index contributed by atoms with van der Waals surface area (Å²) < 4.78 is 31.5. The highest BCUT2D eigenvalue weighted by Crippen LogP contribution is 2.44. The van der Waals surface area contributed by atoms with E-state index in [9.17, 15) is 8.78 Å². The van der Waals surface area contributed by atoms with Crippen molar-refractivity contribution in [3.8, 4) is 5.75 Å². The molecule has 0 saturated carbocycles. The quantitative estimate of drug-likeness (QED) is 0.602. The van der Waals surface area contributed by atoms with Crippen molar-refractivity contribution in [3.63, 3.8) is 0 Å². The van der Waals surface area contributed by atoms with Gasteiger partial charge in [0, 0.05) is 0 Å². The molecule has 1 heterocycles. The van der Waals surface area contributed by atoms with E-state index >= 15 is 0 Å². The number of hydrogen-bond donors (Lipinski definition) is 0. The molecule has 0 spiro atoms. The minimum Gasteiger partial charge on any atom is -0.486 e. The van der Waals surface area contributed by atoms with E-state index in [-0.39, 0.29) is 5.56 Å². The Morgan fingerprint density at radius 1 is 1.23 bits per heavy atom. The smallest absolute Gasteiger partial charge is 0.310 e. The molecular weight excluding hydrogens is 174 g/mol. The average molecular weight is 184 g/mol. The van der Waals surface area contributed by atoms with Crippen molar-refractivity contribution in [3.05, 3.63) is 28.8 Å². The molecule has 0 atom stereocenters. The van der Waals surface area contributed by atoms with Crippen molar-refractivity contribution in [2.75, 3.05) is 6.61 Å². The van der Waals surface area contributed by atoms with Gasteiger partial charge in [0.05, 0.1) is 5.56 Å². The van der Waals surface area contributed by atoms with Gasteiger partial charge >= 0.3 is 5.92 Å². The Bertz CT molecular complexity index is 358. The third-order valence-corrected chi connectivity index (χ3v) is 2.33. The second-order valence-electron chi connectivity index (χ2n) is 3.40. The minimum absolute atomic E-state index is 0.0625. The zero-order valence-electron chi connectivity index (χ0n) is 7.53. The summed E-state index contributed by atoms with van der Waals surface area (Å²) in [6.45, 7) is 2.94. The third-order valence-electron chi connectivity index (χ3n) is 2.33. The summed E-state index contributed by atoms with van der Waals surface area (Å²) in [5.74, 6) is -2.45.